The van der Waals surface area contributed by atoms with Crippen LogP contribution in [0.3, 0.4) is 0 Å². The van der Waals surface area contributed by atoms with E-state index in [0.717, 1.165) is 12.5 Å². The Bertz CT molecular complexity index is 431. The Morgan fingerprint density at radius 3 is 2.42 bits per heavy atom. The minimum Gasteiger partial charge on any atom is -0.481 e. The van der Waals surface area contributed by atoms with Crippen molar-refractivity contribution < 1.29 is 9.90 Å². The molecule has 1 aromatic rings. The second-order valence-corrected chi connectivity index (χ2v) is 5.75. The molecule has 0 unspecified atom stereocenters. The average molecular weight is 286 g/mol. The van der Waals surface area contributed by atoms with Gasteiger partial charge in [0.25, 0.3) is 0 Å². The highest BCUT2D eigenvalue weighted by Crippen LogP contribution is 2.27. The topological polar surface area (TPSA) is 71.2 Å². The van der Waals surface area contributed by atoms with Crippen LogP contribution in [0.25, 0.3) is 0 Å². The summed E-state index contributed by atoms with van der Waals surface area (Å²) in [5.74, 6) is -0.0417. The maximum Gasteiger partial charge on any atom is 0.313 e. The average Bonchev–Trinajstić information content (AvgIpc) is 2.70. The number of carboxylic acid groups (broad SMARTS) is 1. The molecule has 19 heavy (non-hydrogen) atoms. The zero-order chi connectivity index (χ0) is 14.6. The summed E-state index contributed by atoms with van der Waals surface area (Å²) in [5, 5.41) is 17.8. The zero-order valence-electron chi connectivity index (χ0n) is 12.1. The van der Waals surface area contributed by atoms with Crippen LogP contribution >= 0.6 is 11.8 Å². The summed E-state index contributed by atoms with van der Waals surface area (Å²) in [4.78, 5) is 12.8. The fourth-order valence-corrected chi connectivity index (χ4v) is 2.66. The molecule has 0 bridgehead atoms. The Kier molecular flexibility index (Phi) is 5.65. The lowest BCUT2D eigenvalue weighted by atomic mass is 10.3. The summed E-state index contributed by atoms with van der Waals surface area (Å²) < 4.78 is 2.00. The molecule has 1 heterocycles. The molecule has 108 valence electrons. The number of aliphatic carboxylic acids is 1. The van der Waals surface area contributed by atoms with Gasteiger partial charge in [-0.25, -0.2) is 0 Å². The van der Waals surface area contributed by atoms with Crippen molar-refractivity contribution in [3.05, 3.63) is 0 Å². The molecular weight excluding hydrogens is 264 g/mol. The van der Waals surface area contributed by atoms with E-state index < -0.39 is 5.97 Å². The summed E-state index contributed by atoms with van der Waals surface area (Å²) in [7, 11) is 0. The van der Waals surface area contributed by atoms with Gasteiger partial charge in [-0.05, 0) is 34.6 Å². The van der Waals surface area contributed by atoms with Gasteiger partial charge in [-0.1, -0.05) is 11.8 Å². The van der Waals surface area contributed by atoms with E-state index in [1.807, 2.05) is 18.4 Å². The standard InChI is InChI=1S/C12H22N4O2S/c1-6-15(8(2)3)11-13-14-12(16(11)9(4)5)19-7-10(17)18/h8-9H,6-7H2,1-5H3,(H,17,18). The predicted molar refractivity (Wildman–Crippen MR) is 76.9 cm³/mol. The summed E-state index contributed by atoms with van der Waals surface area (Å²) in [6.07, 6.45) is 0. The van der Waals surface area contributed by atoms with Crippen molar-refractivity contribution >= 4 is 23.7 Å². The molecule has 0 spiro atoms. The fraction of sp³-hybridized carbons (Fsp3) is 0.750. The molecule has 0 amide bonds. The molecular formula is C12H22N4O2S. The molecule has 7 heteroatoms. The van der Waals surface area contributed by atoms with E-state index in [2.05, 4.69) is 35.9 Å². The zero-order valence-corrected chi connectivity index (χ0v) is 12.9. The molecule has 1 rings (SSSR count). The lowest BCUT2D eigenvalue weighted by Crippen LogP contribution is -2.33. The Labute approximate surface area is 118 Å². The third-order valence-corrected chi connectivity index (χ3v) is 3.64. The molecule has 0 aliphatic rings. The number of carboxylic acids is 1. The highest BCUT2D eigenvalue weighted by atomic mass is 32.2. The molecule has 1 aromatic heterocycles. The van der Waals surface area contributed by atoms with Crippen LogP contribution in [0.5, 0.6) is 0 Å². The Morgan fingerprint density at radius 2 is 2.00 bits per heavy atom. The number of carbonyl (C=O) groups is 1. The van der Waals surface area contributed by atoms with Crippen LogP contribution < -0.4 is 4.90 Å². The van der Waals surface area contributed by atoms with Crippen molar-refractivity contribution in [3.8, 4) is 0 Å². The van der Waals surface area contributed by atoms with Gasteiger partial charge in [0.2, 0.25) is 5.95 Å². The molecule has 0 saturated heterocycles. The number of rotatable bonds is 7. The van der Waals surface area contributed by atoms with Crippen LogP contribution in [0.4, 0.5) is 5.95 Å². The van der Waals surface area contributed by atoms with E-state index in [4.69, 9.17) is 5.11 Å². The maximum atomic E-state index is 10.7. The van der Waals surface area contributed by atoms with Crippen LogP contribution in [-0.4, -0.2) is 44.2 Å². The van der Waals surface area contributed by atoms with Crippen molar-refractivity contribution in [1.29, 1.82) is 0 Å². The summed E-state index contributed by atoms with van der Waals surface area (Å²) in [5.41, 5.74) is 0. The SMILES string of the molecule is CCN(c1nnc(SCC(=O)O)n1C(C)C)C(C)C. The number of nitrogens with zero attached hydrogens (tertiary/aromatic N) is 4. The number of hydrogen-bond donors (Lipinski definition) is 1. The number of anilines is 1. The smallest absolute Gasteiger partial charge is 0.313 e. The van der Waals surface area contributed by atoms with Gasteiger partial charge in [-0.3, -0.25) is 9.36 Å². The van der Waals surface area contributed by atoms with Gasteiger partial charge in [0.05, 0.1) is 5.75 Å². The van der Waals surface area contributed by atoms with Gasteiger partial charge in [-0.15, -0.1) is 10.2 Å². The first-order valence-corrected chi connectivity index (χ1v) is 7.43. The first kappa shape index (κ1) is 15.8. The van der Waals surface area contributed by atoms with Gasteiger partial charge in [0.1, 0.15) is 0 Å². The van der Waals surface area contributed by atoms with Crippen molar-refractivity contribution in [1.82, 2.24) is 14.8 Å². The lowest BCUT2D eigenvalue weighted by molar-refractivity contribution is -0.133. The Balaban J connectivity index is 3.08. The van der Waals surface area contributed by atoms with Crippen molar-refractivity contribution in [2.24, 2.45) is 0 Å². The van der Waals surface area contributed by atoms with Gasteiger partial charge in [-0.2, -0.15) is 0 Å². The molecule has 0 saturated carbocycles. The van der Waals surface area contributed by atoms with Crippen molar-refractivity contribution in [3.63, 3.8) is 0 Å². The van der Waals surface area contributed by atoms with Crippen LogP contribution in [0, 0.1) is 0 Å². The molecule has 0 fully saturated rings. The molecule has 0 aromatic carbocycles. The molecule has 1 N–H and O–H groups in total. The Hall–Kier alpha value is -1.24. The van der Waals surface area contributed by atoms with E-state index in [0.29, 0.717) is 11.2 Å². The third kappa shape index (κ3) is 3.86. The molecule has 0 atom stereocenters. The highest BCUT2D eigenvalue weighted by molar-refractivity contribution is 7.99. The van der Waals surface area contributed by atoms with E-state index in [-0.39, 0.29) is 11.8 Å². The second-order valence-electron chi connectivity index (χ2n) is 4.81. The Morgan fingerprint density at radius 1 is 1.37 bits per heavy atom. The number of thioether (sulfide) groups is 1. The van der Waals surface area contributed by atoms with E-state index >= 15 is 0 Å². The maximum absolute atomic E-state index is 10.7. The largest absolute Gasteiger partial charge is 0.481 e. The van der Waals surface area contributed by atoms with E-state index in [9.17, 15) is 4.79 Å². The van der Waals surface area contributed by atoms with E-state index in [1.165, 1.54) is 11.8 Å². The summed E-state index contributed by atoms with van der Waals surface area (Å²) in [6.45, 7) is 11.2. The van der Waals surface area contributed by atoms with Gasteiger partial charge in [0.15, 0.2) is 5.16 Å². The van der Waals surface area contributed by atoms with E-state index in [1.54, 1.807) is 0 Å². The van der Waals surface area contributed by atoms with Crippen molar-refractivity contribution in [2.75, 3.05) is 17.2 Å². The van der Waals surface area contributed by atoms with Gasteiger partial charge in [0, 0.05) is 18.6 Å². The number of aromatic nitrogens is 3. The fourth-order valence-electron chi connectivity index (χ4n) is 1.88. The minimum atomic E-state index is -0.846. The monoisotopic (exact) mass is 286 g/mol. The first-order chi connectivity index (χ1) is 8.88. The normalized spacial score (nSPS) is 11.3. The van der Waals surface area contributed by atoms with Crippen LogP contribution in [0.1, 0.15) is 40.7 Å². The molecule has 0 radical (unpaired) electrons. The van der Waals surface area contributed by atoms with Crippen LogP contribution in [0.2, 0.25) is 0 Å². The predicted octanol–water partition coefficient (Wildman–Crippen LogP) is 2.27. The van der Waals surface area contributed by atoms with Gasteiger partial charge >= 0.3 is 5.97 Å². The summed E-state index contributed by atoms with van der Waals surface area (Å²) >= 11 is 1.21. The quantitative estimate of drug-likeness (QED) is 0.775. The molecule has 0 aliphatic carbocycles. The van der Waals surface area contributed by atoms with Crippen LogP contribution in [-0.2, 0) is 4.79 Å². The third-order valence-electron chi connectivity index (χ3n) is 2.71. The number of hydrogen-bond acceptors (Lipinski definition) is 5. The van der Waals surface area contributed by atoms with Crippen molar-refractivity contribution in [2.45, 2.75) is 51.9 Å². The molecule has 0 aliphatic heterocycles. The first-order valence-electron chi connectivity index (χ1n) is 6.44. The minimum absolute atomic E-state index is 0.00133. The van der Waals surface area contributed by atoms with Gasteiger partial charge < -0.3 is 10.0 Å². The molecule has 6 nitrogen and oxygen atoms in total. The second kappa shape index (κ2) is 6.79. The lowest BCUT2D eigenvalue weighted by Gasteiger charge is -2.27. The summed E-state index contributed by atoms with van der Waals surface area (Å²) in [6, 6.07) is 0.512. The van der Waals surface area contributed by atoms with Crippen LogP contribution in [0.15, 0.2) is 5.16 Å². The highest BCUT2D eigenvalue weighted by Gasteiger charge is 2.21.